The van der Waals surface area contributed by atoms with Gasteiger partial charge >= 0.3 is 6.18 Å². The maximum Gasteiger partial charge on any atom is 0.408 e. The molecule has 1 aromatic carbocycles. The number of halogens is 6. The van der Waals surface area contributed by atoms with Gasteiger partial charge in [-0.3, -0.25) is 14.0 Å². The summed E-state index contributed by atoms with van der Waals surface area (Å²) in [5.74, 6) is 0.0578. The molecule has 3 atom stereocenters. The Bertz CT molecular complexity index is 1550. The summed E-state index contributed by atoms with van der Waals surface area (Å²) < 4.78 is 60.3. The molecule has 5 heterocycles. The SMILES string of the molecule is Cc1c(N2c3ccc(F)cc3C=CC2c2nnc3ccc([C@@H](N4CC[C@H](N)C4)C(F)(F)F)cn23)cnn1C.Cl.Cl. The van der Waals surface area contributed by atoms with E-state index in [4.69, 9.17) is 5.73 Å². The van der Waals surface area contributed by atoms with E-state index in [1.807, 2.05) is 24.9 Å². The summed E-state index contributed by atoms with van der Waals surface area (Å²) in [6, 6.07) is 4.88. The Hall–Kier alpha value is -3.19. The second kappa shape index (κ2) is 11.0. The molecular weight excluding hydrogens is 571 g/mol. The number of nitrogens with two attached hydrogens (primary N) is 1. The van der Waals surface area contributed by atoms with Crippen molar-refractivity contribution in [1.29, 1.82) is 0 Å². The fourth-order valence-corrected chi connectivity index (χ4v) is 5.46. The van der Waals surface area contributed by atoms with E-state index in [2.05, 4.69) is 15.3 Å². The molecule has 0 aliphatic carbocycles. The first-order valence-electron chi connectivity index (χ1n) is 12.3. The first kappa shape index (κ1) is 29.8. The van der Waals surface area contributed by atoms with Crippen LogP contribution in [-0.2, 0) is 7.05 Å². The Balaban J connectivity index is 0.00000185. The van der Waals surface area contributed by atoms with E-state index in [0.717, 1.165) is 17.1 Å². The quantitative estimate of drug-likeness (QED) is 0.321. The number of nitrogens with zero attached hydrogens (tertiary/aromatic N) is 7. The van der Waals surface area contributed by atoms with Crippen LogP contribution in [0.2, 0.25) is 0 Å². The monoisotopic (exact) mass is 598 g/mol. The fourth-order valence-electron chi connectivity index (χ4n) is 5.46. The first-order chi connectivity index (χ1) is 18.1. The van der Waals surface area contributed by atoms with Crippen LogP contribution in [0.1, 0.15) is 41.1 Å². The molecule has 0 bridgehead atoms. The summed E-state index contributed by atoms with van der Waals surface area (Å²) in [6.45, 7) is 2.35. The van der Waals surface area contributed by atoms with Gasteiger partial charge in [0.2, 0.25) is 0 Å². The lowest BCUT2D eigenvalue weighted by atomic mass is 10.0. The predicted octanol–water partition coefficient (Wildman–Crippen LogP) is 5.30. The van der Waals surface area contributed by atoms with E-state index in [1.54, 1.807) is 33.5 Å². The van der Waals surface area contributed by atoms with Crippen molar-refractivity contribution in [1.82, 2.24) is 29.3 Å². The molecule has 8 nitrogen and oxygen atoms in total. The van der Waals surface area contributed by atoms with Gasteiger partial charge in [-0.2, -0.15) is 18.3 Å². The molecule has 14 heteroatoms. The Morgan fingerprint density at radius 1 is 1.07 bits per heavy atom. The number of likely N-dealkylation sites (tertiary alicyclic amines) is 1. The van der Waals surface area contributed by atoms with Crippen LogP contribution in [0.25, 0.3) is 11.7 Å². The molecule has 0 spiro atoms. The predicted molar refractivity (Wildman–Crippen MR) is 149 cm³/mol. The number of alkyl halides is 3. The van der Waals surface area contributed by atoms with E-state index in [9.17, 15) is 17.6 Å². The maximum atomic E-state index is 14.3. The smallest absolute Gasteiger partial charge is 0.326 e. The van der Waals surface area contributed by atoms with E-state index in [0.29, 0.717) is 23.5 Å². The van der Waals surface area contributed by atoms with Crippen LogP contribution in [0.3, 0.4) is 0 Å². The van der Waals surface area contributed by atoms with Gasteiger partial charge in [0.15, 0.2) is 11.5 Å². The highest BCUT2D eigenvalue weighted by atomic mass is 35.5. The summed E-state index contributed by atoms with van der Waals surface area (Å²) in [6.07, 6.45) is 2.84. The summed E-state index contributed by atoms with van der Waals surface area (Å²) in [4.78, 5) is 3.34. The Morgan fingerprint density at radius 3 is 2.50 bits per heavy atom. The van der Waals surface area contributed by atoms with Crippen LogP contribution >= 0.6 is 24.8 Å². The van der Waals surface area contributed by atoms with Crippen molar-refractivity contribution >= 4 is 47.9 Å². The molecule has 2 aliphatic heterocycles. The lowest BCUT2D eigenvalue weighted by Gasteiger charge is -2.34. The largest absolute Gasteiger partial charge is 0.408 e. The summed E-state index contributed by atoms with van der Waals surface area (Å²) >= 11 is 0. The Kier molecular flexibility index (Phi) is 8.19. The minimum absolute atomic E-state index is 0. The third-order valence-electron chi connectivity index (χ3n) is 7.42. The van der Waals surface area contributed by atoms with E-state index < -0.39 is 18.3 Å². The standard InChI is InChI=1S/C26H26F4N8.2ClH/c1-15-22(12-32-35(15)2)38-20-7-5-18(27)11-16(20)3-6-21(38)25-34-33-23-8-4-17(13-37(23)25)24(26(28,29)30)36-10-9-19(31)14-36;;/h3-8,11-13,19,21,24H,9-10,14,31H2,1-2H3;2*1H/t19-,21?,24+;;/m0../s1. The number of anilines is 2. The van der Waals surface area contributed by atoms with Crippen LogP contribution in [0, 0.1) is 12.7 Å². The Morgan fingerprint density at radius 2 is 1.85 bits per heavy atom. The van der Waals surface area contributed by atoms with Crippen molar-refractivity contribution in [2.45, 2.75) is 37.6 Å². The van der Waals surface area contributed by atoms with Gasteiger partial charge in [-0.05, 0) is 43.2 Å². The molecule has 214 valence electrons. The highest BCUT2D eigenvalue weighted by Gasteiger charge is 2.46. The van der Waals surface area contributed by atoms with Gasteiger partial charge in [0.05, 0.1) is 17.6 Å². The number of benzene rings is 1. The zero-order valence-corrected chi connectivity index (χ0v) is 23.2. The molecule has 40 heavy (non-hydrogen) atoms. The third-order valence-corrected chi connectivity index (χ3v) is 7.42. The average Bonchev–Trinajstić information content (AvgIpc) is 3.57. The molecule has 1 saturated heterocycles. The number of fused-ring (bicyclic) bond motifs is 2. The molecule has 0 amide bonds. The third kappa shape index (κ3) is 5.05. The van der Waals surface area contributed by atoms with Crippen LogP contribution in [0.4, 0.5) is 28.9 Å². The highest BCUT2D eigenvalue weighted by molar-refractivity contribution is 5.85. The minimum Gasteiger partial charge on any atom is -0.326 e. The molecule has 0 saturated carbocycles. The van der Waals surface area contributed by atoms with Crippen molar-refractivity contribution in [2.24, 2.45) is 12.8 Å². The van der Waals surface area contributed by atoms with Crippen LogP contribution in [0.15, 0.2) is 48.8 Å². The van der Waals surface area contributed by atoms with E-state index >= 15 is 0 Å². The van der Waals surface area contributed by atoms with Crippen LogP contribution in [0.5, 0.6) is 0 Å². The fraction of sp³-hybridized carbons (Fsp3) is 0.346. The van der Waals surface area contributed by atoms with Crippen molar-refractivity contribution in [3.05, 3.63) is 77.3 Å². The number of pyridine rings is 1. The lowest BCUT2D eigenvalue weighted by molar-refractivity contribution is -0.183. The number of hydrogen-bond acceptors (Lipinski definition) is 6. The van der Waals surface area contributed by atoms with Gasteiger partial charge in [-0.1, -0.05) is 18.2 Å². The van der Waals surface area contributed by atoms with Crippen molar-refractivity contribution in [3.8, 4) is 0 Å². The molecule has 2 aliphatic rings. The number of hydrogen-bond donors (Lipinski definition) is 1. The molecule has 2 N–H and O–H groups in total. The Labute approximate surface area is 240 Å². The molecule has 4 aromatic rings. The maximum absolute atomic E-state index is 14.3. The van der Waals surface area contributed by atoms with Gasteiger partial charge in [-0.25, -0.2) is 4.39 Å². The highest BCUT2D eigenvalue weighted by Crippen LogP contribution is 2.44. The molecule has 6 rings (SSSR count). The molecule has 0 radical (unpaired) electrons. The van der Waals surface area contributed by atoms with Gasteiger partial charge in [0, 0.05) is 43.6 Å². The first-order valence-corrected chi connectivity index (χ1v) is 12.3. The minimum atomic E-state index is -4.49. The van der Waals surface area contributed by atoms with Crippen molar-refractivity contribution in [2.75, 3.05) is 18.0 Å². The number of rotatable bonds is 4. The van der Waals surface area contributed by atoms with Gasteiger partial charge in [0.25, 0.3) is 0 Å². The van der Waals surface area contributed by atoms with Crippen LogP contribution in [-0.4, -0.2) is 54.6 Å². The van der Waals surface area contributed by atoms with E-state index in [1.165, 1.54) is 29.3 Å². The van der Waals surface area contributed by atoms with Crippen molar-refractivity contribution in [3.63, 3.8) is 0 Å². The van der Waals surface area contributed by atoms with Crippen molar-refractivity contribution < 1.29 is 17.6 Å². The normalized spacial score (nSPS) is 19.8. The number of aryl methyl sites for hydroxylation is 1. The van der Waals surface area contributed by atoms with Gasteiger partial charge in [-0.15, -0.1) is 35.0 Å². The van der Waals surface area contributed by atoms with Crippen LogP contribution < -0.4 is 10.6 Å². The molecule has 3 aromatic heterocycles. The van der Waals surface area contributed by atoms with E-state index in [-0.39, 0.29) is 55.3 Å². The molecule has 1 unspecified atom stereocenters. The summed E-state index contributed by atoms with van der Waals surface area (Å²) in [7, 11) is 1.82. The zero-order valence-electron chi connectivity index (χ0n) is 21.6. The average molecular weight is 599 g/mol. The zero-order chi connectivity index (χ0) is 26.8. The summed E-state index contributed by atoms with van der Waals surface area (Å²) in [5.41, 5.74) is 9.46. The molecule has 1 fully saturated rings. The van der Waals surface area contributed by atoms with Gasteiger partial charge < -0.3 is 10.6 Å². The summed E-state index contributed by atoms with van der Waals surface area (Å²) in [5, 5.41) is 13.0. The lowest BCUT2D eigenvalue weighted by Crippen LogP contribution is -2.38. The number of aromatic nitrogens is 5. The topological polar surface area (TPSA) is 80.5 Å². The van der Waals surface area contributed by atoms with Gasteiger partial charge in [0.1, 0.15) is 17.9 Å². The molecular formula is C26H28Cl2F4N8. The second-order valence-electron chi connectivity index (χ2n) is 9.85. The second-order valence-corrected chi connectivity index (χ2v) is 9.85.